The van der Waals surface area contributed by atoms with Crippen LogP contribution in [-0.4, -0.2) is 142 Å². The van der Waals surface area contributed by atoms with Gasteiger partial charge in [0.05, 0.1) is 19.8 Å². The van der Waals surface area contributed by atoms with E-state index >= 15 is 0 Å². The Balaban J connectivity index is 1.68. The van der Waals surface area contributed by atoms with Gasteiger partial charge in [0, 0.05) is 12.8 Å². The van der Waals surface area contributed by atoms with E-state index in [0.717, 1.165) is 32.1 Å². The van der Waals surface area contributed by atoms with Crippen molar-refractivity contribution < 1.29 is 73.8 Å². The molecule has 0 bridgehead atoms. The van der Waals surface area contributed by atoms with Gasteiger partial charge in [-0.25, -0.2) is 0 Å². The van der Waals surface area contributed by atoms with E-state index in [1.807, 2.05) is 6.92 Å². The highest BCUT2D eigenvalue weighted by Gasteiger charge is 2.47. The molecule has 7 N–H and O–H groups in total. The zero-order chi connectivity index (χ0) is 43.3. The van der Waals surface area contributed by atoms with Gasteiger partial charge in [0.2, 0.25) is 0 Å². The van der Waals surface area contributed by atoms with Crippen molar-refractivity contribution in [2.24, 2.45) is 0 Å². The summed E-state index contributed by atoms with van der Waals surface area (Å²) >= 11 is 0. The van der Waals surface area contributed by atoms with Crippen molar-refractivity contribution in [3.63, 3.8) is 0 Å². The summed E-state index contributed by atoms with van der Waals surface area (Å²) in [6.45, 7) is 2.31. The molecule has 0 aromatic heterocycles. The number of carbonyl (C=O) groups excluding carboxylic acids is 2. The molecule has 0 aliphatic carbocycles. The Hall–Kier alpha value is -1.76. The smallest absolute Gasteiger partial charge is 0.306 e. The molecule has 0 aromatic carbocycles. The number of aliphatic hydroxyl groups is 7. The molecule has 0 spiro atoms. The van der Waals surface area contributed by atoms with Gasteiger partial charge in [-0.05, 0) is 38.5 Å². The van der Waals surface area contributed by atoms with Crippen molar-refractivity contribution in [2.45, 2.75) is 229 Å². The van der Waals surface area contributed by atoms with Crippen LogP contribution in [0, 0.1) is 0 Å². The lowest BCUT2D eigenvalue weighted by Gasteiger charge is -2.42. The fraction of sp³-hybridized carbons (Fsp3) is 0.909. The van der Waals surface area contributed by atoms with Gasteiger partial charge in [-0.3, -0.25) is 9.59 Å². The SMILES string of the molecule is CCCCCCCCCC/C=C\CCCCCCCCCCCC(=O)OC(COC(=O)CCCC)COC1OC(COC2OC(CO)C(O)C(O)C2O)C(O)C(O)C1O. The molecule has 0 radical (unpaired) electrons. The maximum absolute atomic E-state index is 12.8. The van der Waals surface area contributed by atoms with Gasteiger partial charge in [0.15, 0.2) is 18.7 Å². The van der Waals surface area contributed by atoms with Crippen LogP contribution >= 0.6 is 0 Å². The first-order valence-electron chi connectivity index (χ1n) is 22.8. The lowest BCUT2D eigenvalue weighted by molar-refractivity contribution is -0.332. The van der Waals surface area contributed by atoms with Crippen LogP contribution in [-0.2, 0) is 38.0 Å². The van der Waals surface area contributed by atoms with Gasteiger partial charge in [-0.1, -0.05) is 122 Å². The maximum atomic E-state index is 12.8. The Labute approximate surface area is 352 Å². The fourth-order valence-corrected chi connectivity index (χ4v) is 7.13. The van der Waals surface area contributed by atoms with Crippen molar-refractivity contribution in [3.8, 4) is 0 Å². The Bertz CT molecular complexity index is 1090. The van der Waals surface area contributed by atoms with Crippen LogP contribution in [0.5, 0.6) is 0 Å². The summed E-state index contributed by atoms with van der Waals surface area (Å²) in [5.41, 5.74) is 0. The number of hydrogen-bond acceptors (Lipinski definition) is 15. The van der Waals surface area contributed by atoms with E-state index < -0.39 is 92.7 Å². The average Bonchev–Trinajstić information content (AvgIpc) is 3.23. The average molecular weight is 849 g/mol. The predicted octanol–water partition coefficient (Wildman–Crippen LogP) is 4.65. The molecule has 2 aliphatic heterocycles. The summed E-state index contributed by atoms with van der Waals surface area (Å²) < 4.78 is 33.1. The first-order chi connectivity index (χ1) is 28.5. The van der Waals surface area contributed by atoms with E-state index in [4.69, 9.17) is 28.4 Å². The lowest BCUT2D eigenvalue weighted by atomic mass is 9.98. The van der Waals surface area contributed by atoms with Gasteiger partial charge in [-0.2, -0.15) is 0 Å². The second-order valence-corrected chi connectivity index (χ2v) is 16.2. The first kappa shape index (κ1) is 53.4. The summed E-state index contributed by atoms with van der Waals surface area (Å²) in [5, 5.41) is 71.4. The molecule has 15 heteroatoms. The molecule has 2 heterocycles. The number of allylic oxidation sites excluding steroid dienone is 2. The minimum absolute atomic E-state index is 0.164. The van der Waals surface area contributed by atoms with Crippen LogP contribution in [0.1, 0.15) is 162 Å². The minimum atomic E-state index is -1.76. The number of carbonyl (C=O) groups is 2. The molecule has 2 rings (SSSR count). The third-order valence-electron chi connectivity index (χ3n) is 11.0. The Kier molecular flexibility index (Phi) is 29.8. The van der Waals surface area contributed by atoms with E-state index in [1.54, 1.807) is 0 Å². The number of aliphatic hydroxyl groups excluding tert-OH is 7. The number of rotatable bonds is 34. The second-order valence-electron chi connectivity index (χ2n) is 16.2. The second kappa shape index (κ2) is 32.9. The monoisotopic (exact) mass is 849 g/mol. The topological polar surface area (TPSA) is 231 Å². The van der Waals surface area contributed by atoms with Crippen molar-refractivity contribution in [2.75, 3.05) is 26.4 Å². The van der Waals surface area contributed by atoms with Crippen LogP contribution in [0.2, 0.25) is 0 Å². The van der Waals surface area contributed by atoms with E-state index in [1.165, 1.54) is 89.9 Å². The summed E-state index contributed by atoms with van der Waals surface area (Å²) in [7, 11) is 0. The predicted molar refractivity (Wildman–Crippen MR) is 220 cm³/mol. The van der Waals surface area contributed by atoms with Crippen molar-refractivity contribution >= 4 is 11.9 Å². The molecule has 2 aliphatic rings. The molecular weight excluding hydrogens is 768 g/mol. The molecular formula is C44H80O15. The van der Waals surface area contributed by atoms with E-state index in [9.17, 15) is 45.3 Å². The van der Waals surface area contributed by atoms with Crippen molar-refractivity contribution in [1.29, 1.82) is 0 Å². The third kappa shape index (κ3) is 22.2. The van der Waals surface area contributed by atoms with Gasteiger partial charge in [0.25, 0.3) is 0 Å². The normalized spacial score (nSPS) is 27.9. The highest BCUT2D eigenvalue weighted by atomic mass is 16.7. The van der Waals surface area contributed by atoms with Gasteiger partial charge < -0.3 is 64.2 Å². The quantitative estimate of drug-likeness (QED) is 0.0266. The van der Waals surface area contributed by atoms with Crippen molar-refractivity contribution in [3.05, 3.63) is 12.2 Å². The standard InChI is InChI=1S/C44H80O15/c1-3-5-7-8-9-10-11-12-13-14-15-16-17-18-19-20-21-22-23-24-25-27-36(47)57-32(29-54-35(46)26-6-4-2)30-55-43-42(53)40(51)38(49)34(59-43)31-56-44-41(52)39(50)37(48)33(28-45)58-44/h14-15,32-34,37-45,48-53H,3-13,16-31H2,1-2H3/b15-14-. The van der Waals surface area contributed by atoms with Gasteiger partial charge in [0.1, 0.15) is 55.4 Å². The van der Waals surface area contributed by atoms with Crippen LogP contribution in [0.15, 0.2) is 12.2 Å². The molecule has 11 unspecified atom stereocenters. The lowest BCUT2D eigenvalue weighted by Crippen LogP contribution is -2.61. The molecule has 2 saturated heterocycles. The summed E-state index contributed by atoms with van der Waals surface area (Å²) in [4.78, 5) is 25.0. The Morgan fingerprint density at radius 2 is 0.983 bits per heavy atom. The van der Waals surface area contributed by atoms with Crippen molar-refractivity contribution in [1.82, 2.24) is 0 Å². The highest BCUT2D eigenvalue weighted by Crippen LogP contribution is 2.26. The largest absolute Gasteiger partial charge is 0.462 e. The van der Waals surface area contributed by atoms with Gasteiger partial charge >= 0.3 is 11.9 Å². The van der Waals surface area contributed by atoms with E-state index in [2.05, 4.69) is 19.1 Å². The molecule has 0 aromatic rings. The Morgan fingerprint density at radius 1 is 0.525 bits per heavy atom. The molecule has 59 heavy (non-hydrogen) atoms. The molecule has 15 nitrogen and oxygen atoms in total. The van der Waals surface area contributed by atoms with E-state index in [0.29, 0.717) is 12.8 Å². The molecule has 2 fully saturated rings. The third-order valence-corrected chi connectivity index (χ3v) is 11.0. The highest BCUT2D eigenvalue weighted by molar-refractivity contribution is 5.70. The Morgan fingerprint density at radius 3 is 1.53 bits per heavy atom. The fourth-order valence-electron chi connectivity index (χ4n) is 7.13. The number of ether oxygens (including phenoxy) is 6. The van der Waals surface area contributed by atoms with Gasteiger partial charge in [-0.15, -0.1) is 0 Å². The van der Waals surface area contributed by atoms with E-state index in [-0.39, 0.29) is 26.1 Å². The molecule has 346 valence electrons. The molecule has 11 atom stereocenters. The maximum Gasteiger partial charge on any atom is 0.306 e. The summed E-state index contributed by atoms with van der Waals surface area (Å²) in [6, 6.07) is 0. The van der Waals surface area contributed by atoms with Crippen LogP contribution in [0.4, 0.5) is 0 Å². The number of hydrogen-bond donors (Lipinski definition) is 7. The molecule has 0 amide bonds. The first-order valence-corrected chi connectivity index (χ1v) is 22.8. The zero-order valence-electron chi connectivity index (χ0n) is 36.0. The van der Waals surface area contributed by atoms with Crippen LogP contribution in [0.3, 0.4) is 0 Å². The molecule has 0 saturated carbocycles. The summed E-state index contributed by atoms with van der Waals surface area (Å²) in [6.07, 6.45) is 12.6. The summed E-state index contributed by atoms with van der Waals surface area (Å²) in [5.74, 6) is -0.964. The van der Waals surface area contributed by atoms with Crippen LogP contribution in [0.25, 0.3) is 0 Å². The number of unbranched alkanes of at least 4 members (excludes halogenated alkanes) is 18. The minimum Gasteiger partial charge on any atom is -0.462 e. The zero-order valence-corrected chi connectivity index (χ0v) is 36.0. The number of esters is 2. The van der Waals surface area contributed by atoms with Crippen LogP contribution < -0.4 is 0 Å².